The Kier molecular flexibility index (Phi) is 4.62. The van der Waals surface area contributed by atoms with Crippen molar-refractivity contribution in [2.45, 2.75) is 19.3 Å². The zero-order chi connectivity index (χ0) is 12.3. The minimum Gasteiger partial charge on any atom is -0.396 e. The van der Waals surface area contributed by atoms with Crippen LogP contribution in [0.1, 0.15) is 19.4 Å². The first-order valence-corrected chi connectivity index (χ1v) is 5.97. The van der Waals surface area contributed by atoms with Gasteiger partial charge in [0, 0.05) is 18.6 Å². The molecule has 1 aromatic carbocycles. The second kappa shape index (κ2) is 5.37. The summed E-state index contributed by atoms with van der Waals surface area (Å²) in [5.74, 6) is 0.0646. The minimum absolute atomic E-state index is 0.0646. The lowest BCUT2D eigenvalue weighted by Gasteiger charge is -2.34. The van der Waals surface area contributed by atoms with E-state index >= 15 is 0 Å². The first-order valence-electron chi connectivity index (χ1n) is 5.22. The molecule has 0 aromatic heterocycles. The molecule has 0 saturated carbocycles. The SMILES string of the molecule is C[C@H](CO)[C@@](C)(CN)c1ccc(Cl)c(Cl)c1. The molecule has 0 unspecified atom stereocenters. The van der Waals surface area contributed by atoms with Gasteiger partial charge in [-0.05, 0) is 23.6 Å². The standard InChI is InChI=1S/C12H17Cl2NO/c1-8(6-16)12(2,7-15)9-3-4-10(13)11(14)5-9/h3-5,8,16H,6-7,15H2,1-2H3/t8-,12-/m1/s1. The van der Waals surface area contributed by atoms with Gasteiger partial charge in [-0.1, -0.05) is 43.1 Å². The van der Waals surface area contributed by atoms with Gasteiger partial charge in [0.25, 0.3) is 0 Å². The lowest BCUT2D eigenvalue weighted by molar-refractivity contribution is 0.175. The highest BCUT2D eigenvalue weighted by Crippen LogP contribution is 2.34. The van der Waals surface area contributed by atoms with Crippen molar-refractivity contribution < 1.29 is 5.11 Å². The molecule has 4 heteroatoms. The van der Waals surface area contributed by atoms with Crippen LogP contribution in [-0.2, 0) is 5.41 Å². The molecule has 0 amide bonds. The van der Waals surface area contributed by atoms with Crippen LogP contribution in [0.25, 0.3) is 0 Å². The first-order chi connectivity index (χ1) is 7.45. The number of halogens is 2. The summed E-state index contributed by atoms with van der Waals surface area (Å²) in [6, 6.07) is 5.49. The molecule has 0 aliphatic heterocycles. The van der Waals surface area contributed by atoms with Crippen molar-refractivity contribution in [1.29, 1.82) is 0 Å². The number of hydrogen-bond acceptors (Lipinski definition) is 2. The molecule has 90 valence electrons. The highest BCUT2D eigenvalue weighted by molar-refractivity contribution is 6.42. The van der Waals surface area contributed by atoms with Crippen molar-refractivity contribution in [2.24, 2.45) is 11.7 Å². The van der Waals surface area contributed by atoms with E-state index in [1.165, 1.54) is 0 Å². The third-order valence-electron chi connectivity index (χ3n) is 3.36. The van der Waals surface area contributed by atoms with Gasteiger partial charge in [0.05, 0.1) is 10.0 Å². The molecule has 0 bridgehead atoms. The highest BCUT2D eigenvalue weighted by Gasteiger charge is 2.31. The molecule has 3 N–H and O–H groups in total. The predicted molar refractivity (Wildman–Crippen MR) is 69.1 cm³/mol. The lowest BCUT2D eigenvalue weighted by atomic mass is 9.73. The number of aliphatic hydroxyl groups excluding tert-OH is 1. The molecule has 0 aliphatic rings. The Morgan fingerprint density at radius 2 is 2.00 bits per heavy atom. The number of aliphatic hydroxyl groups is 1. The van der Waals surface area contributed by atoms with Crippen molar-refractivity contribution in [1.82, 2.24) is 0 Å². The van der Waals surface area contributed by atoms with Gasteiger partial charge < -0.3 is 10.8 Å². The Balaban J connectivity index is 3.17. The van der Waals surface area contributed by atoms with Crippen LogP contribution in [0, 0.1) is 5.92 Å². The predicted octanol–water partition coefficient (Wildman–Crippen LogP) is 2.84. The normalized spacial score (nSPS) is 16.9. The van der Waals surface area contributed by atoms with Gasteiger partial charge in [0.15, 0.2) is 0 Å². The van der Waals surface area contributed by atoms with Crippen LogP contribution in [0.15, 0.2) is 18.2 Å². The Labute approximate surface area is 106 Å². The van der Waals surface area contributed by atoms with E-state index in [9.17, 15) is 5.11 Å². The van der Waals surface area contributed by atoms with E-state index in [0.29, 0.717) is 16.6 Å². The van der Waals surface area contributed by atoms with Gasteiger partial charge in [-0.2, -0.15) is 0 Å². The van der Waals surface area contributed by atoms with Gasteiger partial charge in [-0.15, -0.1) is 0 Å². The Morgan fingerprint density at radius 3 is 2.44 bits per heavy atom. The molecule has 1 aromatic rings. The van der Waals surface area contributed by atoms with E-state index in [2.05, 4.69) is 0 Å². The van der Waals surface area contributed by atoms with Crippen LogP contribution in [0.4, 0.5) is 0 Å². The largest absolute Gasteiger partial charge is 0.396 e. The minimum atomic E-state index is -0.289. The van der Waals surface area contributed by atoms with E-state index in [0.717, 1.165) is 5.56 Å². The third-order valence-corrected chi connectivity index (χ3v) is 4.10. The lowest BCUT2D eigenvalue weighted by Crippen LogP contribution is -2.39. The fourth-order valence-electron chi connectivity index (χ4n) is 1.66. The summed E-state index contributed by atoms with van der Waals surface area (Å²) in [5.41, 5.74) is 6.53. The quantitative estimate of drug-likeness (QED) is 0.876. The van der Waals surface area contributed by atoms with Crippen LogP contribution in [0.2, 0.25) is 10.0 Å². The Morgan fingerprint density at radius 1 is 1.38 bits per heavy atom. The van der Waals surface area contributed by atoms with Gasteiger partial charge in [0.2, 0.25) is 0 Å². The van der Waals surface area contributed by atoms with Crippen LogP contribution >= 0.6 is 23.2 Å². The van der Waals surface area contributed by atoms with E-state index in [1.54, 1.807) is 6.07 Å². The monoisotopic (exact) mass is 261 g/mol. The number of nitrogens with two attached hydrogens (primary N) is 1. The average molecular weight is 262 g/mol. The summed E-state index contributed by atoms with van der Waals surface area (Å²) in [5, 5.41) is 10.3. The topological polar surface area (TPSA) is 46.2 Å². The van der Waals surface area contributed by atoms with E-state index < -0.39 is 0 Å². The maximum absolute atomic E-state index is 9.27. The summed E-state index contributed by atoms with van der Waals surface area (Å²) >= 11 is 11.9. The highest BCUT2D eigenvalue weighted by atomic mass is 35.5. The van der Waals surface area contributed by atoms with Crippen LogP contribution in [-0.4, -0.2) is 18.3 Å². The van der Waals surface area contributed by atoms with Crippen molar-refractivity contribution in [3.05, 3.63) is 33.8 Å². The van der Waals surface area contributed by atoms with Crippen LogP contribution in [0.5, 0.6) is 0 Å². The number of benzene rings is 1. The molecule has 2 nitrogen and oxygen atoms in total. The molecule has 0 heterocycles. The molecule has 0 aliphatic carbocycles. The summed E-state index contributed by atoms with van der Waals surface area (Å²) in [4.78, 5) is 0. The van der Waals surface area contributed by atoms with Gasteiger partial charge in [-0.25, -0.2) is 0 Å². The van der Waals surface area contributed by atoms with Crippen LogP contribution < -0.4 is 5.73 Å². The summed E-state index contributed by atoms with van der Waals surface area (Å²) in [6.45, 7) is 4.53. The zero-order valence-corrected chi connectivity index (χ0v) is 11.0. The first kappa shape index (κ1) is 13.8. The zero-order valence-electron chi connectivity index (χ0n) is 9.50. The summed E-state index contributed by atoms with van der Waals surface area (Å²) in [6.07, 6.45) is 0. The van der Waals surface area contributed by atoms with Crippen LogP contribution in [0.3, 0.4) is 0 Å². The van der Waals surface area contributed by atoms with Crippen molar-refractivity contribution in [2.75, 3.05) is 13.2 Å². The van der Waals surface area contributed by atoms with Crippen molar-refractivity contribution in [3.63, 3.8) is 0 Å². The molecule has 0 saturated heterocycles. The summed E-state index contributed by atoms with van der Waals surface area (Å²) < 4.78 is 0. The molecule has 0 spiro atoms. The Hall–Kier alpha value is -0.280. The van der Waals surface area contributed by atoms with Crippen molar-refractivity contribution in [3.8, 4) is 0 Å². The molecular weight excluding hydrogens is 245 g/mol. The molecule has 2 atom stereocenters. The molecule has 0 radical (unpaired) electrons. The molecule has 1 rings (SSSR count). The fraction of sp³-hybridized carbons (Fsp3) is 0.500. The van der Waals surface area contributed by atoms with Gasteiger partial charge in [-0.3, -0.25) is 0 Å². The second-order valence-corrected chi connectivity index (χ2v) is 5.15. The third kappa shape index (κ3) is 2.51. The fourth-order valence-corrected chi connectivity index (χ4v) is 1.95. The molecule has 0 fully saturated rings. The average Bonchev–Trinajstić information content (AvgIpc) is 2.30. The number of rotatable bonds is 4. The molecular formula is C12H17Cl2NO. The maximum atomic E-state index is 9.27. The van der Waals surface area contributed by atoms with E-state index in [-0.39, 0.29) is 17.9 Å². The Bertz CT molecular complexity index is 370. The van der Waals surface area contributed by atoms with Crippen molar-refractivity contribution >= 4 is 23.2 Å². The van der Waals surface area contributed by atoms with E-state index in [4.69, 9.17) is 28.9 Å². The van der Waals surface area contributed by atoms with E-state index in [1.807, 2.05) is 26.0 Å². The smallest absolute Gasteiger partial charge is 0.0595 e. The maximum Gasteiger partial charge on any atom is 0.0595 e. The second-order valence-electron chi connectivity index (χ2n) is 4.33. The number of hydrogen-bond donors (Lipinski definition) is 2. The molecule has 16 heavy (non-hydrogen) atoms. The van der Waals surface area contributed by atoms with Gasteiger partial charge in [0.1, 0.15) is 0 Å². The van der Waals surface area contributed by atoms with Gasteiger partial charge >= 0.3 is 0 Å². The summed E-state index contributed by atoms with van der Waals surface area (Å²) in [7, 11) is 0.